The highest BCUT2D eigenvalue weighted by Gasteiger charge is 2.36. The van der Waals surface area contributed by atoms with Gasteiger partial charge in [0.2, 0.25) is 16.9 Å². The Balaban J connectivity index is 1.33. The molecule has 1 atom stereocenters. The Hall–Kier alpha value is -3.14. The summed E-state index contributed by atoms with van der Waals surface area (Å²) in [7, 11) is 0. The minimum Gasteiger partial charge on any atom is -0.339 e. The van der Waals surface area contributed by atoms with Crippen LogP contribution in [0.5, 0.6) is 0 Å². The first-order valence-corrected chi connectivity index (χ1v) is 10.5. The number of amides is 4. The monoisotopic (exact) mass is 427 g/mol. The quantitative estimate of drug-likeness (QED) is 0.701. The molecule has 0 saturated carbocycles. The Kier molecular flexibility index (Phi) is 5.33. The van der Waals surface area contributed by atoms with Crippen molar-refractivity contribution in [2.45, 2.75) is 32.7 Å². The van der Waals surface area contributed by atoms with Crippen LogP contribution < -0.4 is 5.32 Å². The molecule has 0 bridgehead atoms. The predicted molar refractivity (Wildman–Crippen MR) is 109 cm³/mol. The number of nitrogens with one attached hydrogen (secondary N) is 1. The largest absolute Gasteiger partial charge is 0.339 e. The van der Waals surface area contributed by atoms with Gasteiger partial charge in [-0.2, -0.15) is 0 Å². The van der Waals surface area contributed by atoms with E-state index in [1.807, 2.05) is 13.8 Å². The maximum absolute atomic E-state index is 12.5. The van der Waals surface area contributed by atoms with Crippen LogP contribution in [-0.2, 0) is 16.0 Å². The van der Waals surface area contributed by atoms with Crippen molar-refractivity contribution >= 4 is 40.1 Å². The predicted octanol–water partition coefficient (Wildman–Crippen LogP) is 1.57. The zero-order chi connectivity index (χ0) is 21.4. The van der Waals surface area contributed by atoms with Crippen molar-refractivity contribution < 1.29 is 19.2 Å². The number of aromatic nitrogens is 2. The highest BCUT2D eigenvalue weighted by atomic mass is 32.1. The first kappa shape index (κ1) is 20.1. The lowest BCUT2D eigenvalue weighted by atomic mass is 10.1. The molecule has 2 aliphatic heterocycles. The summed E-state index contributed by atoms with van der Waals surface area (Å²) in [5.41, 5.74) is 0.823. The molecular weight excluding hydrogens is 406 g/mol. The molecule has 4 amide bonds. The van der Waals surface area contributed by atoms with E-state index in [1.54, 1.807) is 29.2 Å². The minimum absolute atomic E-state index is 0.0240. The standard InChI is InChI=1S/C20H21N5O4S/c1-11(2)25-10-12(9-16(25)26)17(27)21-20-23-22-15(30-20)7-8-24-18(28)13-5-3-4-6-14(13)19(24)29/h3-6,11-12H,7-10H2,1-2H3,(H,21,23,27). The van der Waals surface area contributed by atoms with Gasteiger partial charge in [-0.25, -0.2) is 0 Å². The number of nitrogens with zero attached hydrogens (tertiary/aromatic N) is 4. The van der Waals surface area contributed by atoms with Crippen molar-refractivity contribution in [3.63, 3.8) is 0 Å². The summed E-state index contributed by atoms with van der Waals surface area (Å²) in [5.74, 6) is -1.31. The first-order chi connectivity index (χ1) is 14.3. The minimum atomic E-state index is -0.411. The molecule has 1 unspecified atom stereocenters. The second-order valence-electron chi connectivity index (χ2n) is 7.59. The molecule has 2 aromatic rings. The van der Waals surface area contributed by atoms with Crippen LogP contribution in [0.1, 0.15) is 46.0 Å². The van der Waals surface area contributed by atoms with Crippen LogP contribution in [0.2, 0.25) is 0 Å². The molecule has 30 heavy (non-hydrogen) atoms. The van der Waals surface area contributed by atoms with Crippen LogP contribution in [0.3, 0.4) is 0 Å². The van der Waals surface area contributed by atoms with Gasteiger partial charge in [0.05, 0.1) is 17.0 Å². The Labute approximate surface area is 177 Å². The number of hydrogen-bond donors (Lipinski definition) is 1. The molecule has 0 radical (unpaired) electrons. The fraction of sp³-hybridized carbons (Fsp3) is 0.400. The third-order valence-corrected chi connectivity index (χ3v) is 6.18. The van der Waals surface area contributed by atoms with E-state index in [2.05, 4.69) is 15.5 Å². The van der Waals surface area contributed by atoms with Gasteiger partial charge < -0.3 is 10.2 Å². The van der Waals surface area contributed by atoms with Crippen molar-refractivity contribution in [3.8, 4) is 0 Å². The topological polar surface area (TPSA) is 113 Å². The van der Waals surface area contributed by atoms with Crippen LogP contribution in [0.25, 0.3) is 0 Å². The molecule has 2 aliphatic rings. The zero-order valence-corrected chi connectivity index (χ0v) is 17.4. The molecule has 156 valence electrons. The second-order valence-corrected chi connectivity index (χ2v) is 8.65. The van der Waals surface area contributed by atoms with E-state index in [0.29, 0.717) is 34.2 Å². The lowest BCUT2D eigenvalue weighted by molar-refractivity contribution is -0.129. The van der Waals surface area contributed by atoms with Gasteiger partial charge in [-0.3, -0.25) is 24.1 Å². The van der Waals surface area contributed by atoms with Crippen LogP contribution in [0.4, 0.5) is 5.13 Å². The Bertz CT molecular complexity index is 999. The summed E-state index contributed by atoms with van der Waals surface area (Å²) in [6, 6.07) is 6.80. The number of rotatable bonds is 6. The zero-order valence-electron chi connectivity index (χ0n) is 16.6. The Morgan fingerprint density at radius 3 is 2.43 bits per heavy atom. The Morgan fingerprint density at radius 2 is 1.83 bits per heavy atom. The maximum Gasteiger partial charge on any atom is 0.261 e. The van der Waals surface area contributed by atoms with Crippen LogP contribution in [0, 0.1) is 5.92 Å². The molecule has 10 heteroatoms. The summed E-state index contributed by atoms with van der Waals surface area (Å²) in [4.78, 5) is 52.2. The fourth-order valence-electron chi connectivity index (χ4n) is 3.67. The van der Waals surface area contributed by atoms with Gasteiger partial charge in [-0.05, 0) is 26.0 Å². The van der Waals surface area contributed by atoms with E-state index in [9.17, 15) is 19.2 Å². The van der Waals surface area contributed by atoms with Gasteiger partial charge in [-0.1, -0.05) is 23.5 Å². The van der Waals surface area contributed by atoms with Crippen molar-refractivity contribution in [1.82, 2.24) is 20.0 Å². The number of imide groups is 1. The number of carbonyl (C=O) groups excluding carboxylic acids is 4. The van der Waals surface area contributed by atoms with Crippen molar-refractivity contribution in [2.24, 2.45) is 5.92 Å². The second kappa shape index (κ2) is 7.94. The molecule has 1 saturated heterocycles. The molecule has 1 aromatic carbocycles. The number of fused-ring (bicyclic) bond motifs is 1. The first-order valence-electron chi connectivity index (χ1n) is 9.73. The summed E-state index contributed by atoms with van der Waals surface area (Å²) < 4.78 is 0. The molecule has 3 heterocycles. The van der Waals surface area contributed by atoms with Gasteiger partial charge >= 0.3 is 0 Å². The van der Waals surface area contributed by atoms with Crippen molar-refractivity contribution in [3.05, 3.63) is 40.4 Å². The lowest BCUT2D eigenvalue weighted by Gasteiger charge is -2.20. The third kappa shape index (κ3) is 3.70. The SMILES string of the molecule is CC(C)N1CC(C(=O)Nc2nnc(CCN3C(=O)c4ccccc4C3=O)s2)CC1=O. The van der Waals surface area contributed by atoms with Gasteiger partial charge in [0.25, 0.3) is 11.8 Å². The number of hydrogen-bond acceptors (Lipinski definition) is 7. The smallest absolute Gasteiger partial charge is 0.261 e. The molecule has 4 rings (SSSR count). The highest BCUT2D eigenvalue weighted by Crippen LogP contribution is 2.25. The fourth-order valence-corrected chi connectivity index (χ4v) is 4.40. The summed E-state index contributed by atoms with van der Waals surface area (Å²) in [6.45, 7) is 4.43. The Morgan fingerprint density at radius 1 is 1.17 bits per heavy atom. The van der Waals surface area contributed by atoms with E-state index in [4.69, 9.17) is 0 Å². The lowest BCUT2D eigenvalue weighted by Crippen LogP contribution is -2.33. The maximum atomic E-state index is 12.5. The number of likely N-dealkylation sites (tertiary alicyclic amines) is 1. The van der Waals surface area contributed by atoms with Gasteiger partial charge in [0.1, 0.15) is 5.01 Å². The van der Waals surface area contributed by atoms with E-state index >= 15 is 0 Å². The number of carbonyl (C=O) groups is 4. The van der Waals surface area contributed by atoms with Crippen molar-refractivity contribution in [2.75, 3.05) is 18.4 Å². The number of benzene rings is 1. The molecule has 9 nitrogen and oxygen atoms in total. The van der Waals surface area contributed by atoms with Gasteiger partial charge in [0.15, 0.2) is 0 Å². The molecular formula is C20H21N5O4S. The highest BCUT2D eigenvalue weighted by molar-refractivity contribution is 7.15. The van der Waals surface area contributed by atoms with E-state index in [1.165, 1.54) is 16.2 Å². The molecule has 0 aliphatic carbocycles. The molecule has 1 aromatic heterocycles. The third-order valence-electron chi connectivity index (χ3n) is 5.28. The molecule has 0 spiro atoms. The number of anilines is 1. The molecule has 1 fully saturated rings. The average Bonchev–Trinajstić information content (AvgIpc) is 3.39. The summed E-state index contributed by atoms with van der Waals surface area (Å²) in [5, 5.41) is 11.7. The average molecular weight is 427 g/mol. The van der Waals surface area contributed by atoms with Crippen LogP contribution in [-0.4, -0.2) is 62.8 Å². The van der Waals surface area contributed by atoms with Crippen LogP contribution >= 0.6 is 11.3 Å². The normalized spacial score (nSPS) is 18.5. The van der Waals surface area contributed by atoms with Crippen LogP contribution in [0.15, 0.2) is 24.3 Å². The van der Waals surface area contributed by atoms with E-state index in [-0.39, 0.29) is 42.6 Å². The van der Waals surface area contributed by atoms with Crippen molar-refractivity contribution in [1.29, 1.82) is 0 Å². The van der Waals surface area contributed by atoms with Gasteiger partial charge in [-0.15, -0.1) is 10.2 Å². The summed E-state index contributed by atoms with van der Waals surface area (Å²) >= 11 is 1.20. The van der Waals surface area contributed by atoms with E-state index < -0.39 is 5.92 Å². The van der Waals surface area contributed by atoms with Gasteiger partial charge in [0, 0.05) is 32.0 Å². The summed E-state index contributed by atoms with van der Waals surface area (Å²) in [6.07, 6.45) is 0.539. The molecule has 1 N–H and O–H groups in total. The van der Waals surface area contributed by atoms with E-state index in [0.717, 1.165) is 0 Å².